The fourth-order valence-corrected chi connectivity index (χ4v) is 4.82. The number of pyridine rings is 1. The van der Waals surface area contributed by atoms with E-state index in [0.717, 1.165) is 65.5 Å². The first-order chi connectivity index (χ1) is 16.2. The molecule has 1 aliphatic rings. The lowest BCUT2D eigenvalue weighted by Gasteiger charge is -2.20. The maximum Gasteiger partial charge on any atom is 0.191 e. The third-order valence-electron chi connectivity index (χ3n) is 5.62. The minimum Gasteiger partial charge on any atom is -0.497 e. The Labute approximate surface area is 199 Å². The fourth-order valence-electron chi connectivity index (χ4n) is 3.93. The Kier molecular flexibility index (Phi) is 8.20. The highest BCUT2D eigenvalue weighted by molar-refractivity contribution is 7.98. The van der Waals surface area contributed by atoms with Crippen LogP contribution in [0.2, 0.25) is 0 Å². The number of methoxy groups -OCH3 is 2. The molecular weight excluding hydrogens is 438 g/mol. The molecule has 8 nitrogen and oxygen atoms in total. The number of benzene rings is 1. The van der Waals surface area contributed by atoms with Crippen LogP contribution in [0.4, 0.5) is 0 Å². The Balaban J connectivity index is 1.49. The molecular formula is C24H31N5O3S. The molecule has 4 rings (SSSR count). The summed E-state index contributed by atoms with van der Waals surface area (Å²) in [5.74, 6) is 3.34. The van der Waals surface area contributed by atoms with Crippen molar-refractivity contribution in [3.05, 3.63) is 59.7 Å². The molecule has 3 aromatic rings. The molecule has 0 aliphatic carbocycles. The summed E-state index contributed by atoms with van der Waals surface area (Å²) in [5, 5.41) is 9.96. The lowest BCUT2D eigenvalue weighted by Crippen LogP contribution is -2.23. The molecule has 9 heteroatoms. The zero-order chi connectivity index (χ0) is 23.0. The van der Waals surface area contributed by atoms with E-state index >= 15 is 0 Å². The van der Waals surface area contributed by atoms with E-state index in [0.29, 0.717) is 13.1 Å². The van der Waals surface area contributed by atoms with E-state index in [1.165, 1.54) is 0 Å². The van der Waals surface area contributed by atoms with Crippen LogP contribution >= 0.6 is 11.8 Å². The van der Waals surface area contributed by atoms with Gasteiger partial charge in [-0.25, -0.2) is 0 Å². The number of rotatable bonds is 11. The molecule has 1 aromatic carbocycles. The molecule has 0 N–H and O–H groups in total. The van der Waals surface area contributed by atoms with Crippen molar-refractivity contribution < 1.29 is 14.2 Å². The van der Waals surface area contributed by atoms with Crippen LogP contribution in [-0.4, -0.2) is 58.6 Å². The van der Waals surface area contributed by atoms with Crippen LogP contribution in [-0.2, 0) is 30.1 Å². The van der Waals surface area contributed by atoms with Gasteiger partial charge < -0.3 is 18.8 Å². The van der Waals surface area contributed by atoms with Crippen LogP contribution < -0.4 is 9.47 Å². The van der Waals surface area contributed by atoms with Crippen LogP contribution in [0.1, 0.15) is 29.9 Å². The molecule has 1 fully saturated rings. The summed E-state index contributed by atoms with van der Waals surface area (Å²) in [6, 6.07) is 11.8. The number of aromatic nitrogens is 4. The Morgan fingerprint density at radius 2 is 2.06 bits per heavy atom. The van der Waals surface area contributed by atoms with Crippen molar-refractivity contribution in [3.63, 3.8) is 0 Å². The van der Waals surface area contributed by atoms with Crippen LogP contribution in [0.5, 0.6) is 11.5 Å². The smallest absolute Gasteiger partial charge is 0.191 e. The summed E-state index contributed by atoms with van der Waals surface area (Å²) in [6.07, 6.45) is 4.20. The van der Waals surface area contributed by atoms with Crippen molar-refractivity contribution in [3.8, 4) is 11.5 Å². The van der Waals surface area contributed by atoms with Gasteiger partial charge in [-0.3, -0.25) is 9.88 Å². The van der Waals surface area contributed by atoms with Crippen LogP contribution in [0.3, 0.4) is 0 Å². The van der Waals surface area contributed by atoms with E-state index in [1.54, 1.807) is 26.0 Å². The van der Waals surface area contributed by atoms with Gasteiger partial charge in [0.05, 0.1) is 39.1 Å². The zero-order valence-corrected chi connectivity index (χ0v) is 20.3. The normalized spacial score (nSPS) is 15.8. The van der Waals surface area contributed by atoms with Gasteiger partial charge in [0.2, 0.25) is 0 Å². The second-order valence-electron chi connectivity index (χ2n) is 8.10. The molecule has 0 amide bonds. The predicted octanol–water partition coefficient (Wildman–Crippen LogP) is 3.79. The van der Waals surface area contributed by atoms with Crippen molar-refractivity contribution in [1.82, 2.24) is 24.6 Å². The van der Waals surface area contributed by atoms with Crippen molar-refractivity contribution >= 4 is 11.8 Å². The van der Waals surface area contributed by atoms with Crippen molar-refractivity contribution in [2.24, 2.45) is 0 Å². The predicted molar refractivity (Wildman–Crippen MR) is 128 cm³/mol. The highest BCUT2D eigenvalue weighted by Crippen LogP contribution is 2.27. The van der Waals surface area contributed by atoms with E-state index in [-0.39, 0.29) is 6.10 Å². The first-order valence-corrected chi connectivity index (χ1v) is 12.1. The monoisotopic (exact) mass is 469 g/mol. The summed E-state index contributed by atoms with van der Waals surface area (Å²) < 4.78 is 19.1. The minimum atomic E-state index is 0.206. The first kappa shape index (κ1) is 23.5. The number of hydrogen-bond donors (Lipinski definition) is 0. The van der Waals surface area contributed by atoms with Crippen LogP contribution in [0.15, 0.2) is 47.8 Å². The zero-order valence-electron chi connectivity index (χ0n) is 19.4. The topological polar surface area (TPSA) is 74.5 Å². The molecule has 0 unspecified atom stereocenters. The number of ether oxygens (including phenoxy) is 3. The molecule has 1 saturated heterocycles. The fraction of sp³-hybridized carbons (Fsp3) is 0.458. The third-order valence-corrected chi connectivity index (χ3v) is 6.62. The van der Waals surface area contributed by atoms with E-state index < -0.39 is 0 Å². The van der Waals surface area contributed by atoms with Gasteiger partial charge in [-0.15, -0.1) is 10.2 Å². The molecule has 176 valence electrons. The van der Waals surface area contributed by atoms with Gasteiger partial charge in [0, 0.05) is 30.7 Å². The minimum absolute atomic E-state index is 0.206. The third kappa shape index (κ3) is 6.25. The van der Waals surface area contributed by atoms with Gasteiger partial charge >= 0.3 is 0 Å². The van der Waals surface area contributed by atoms with Gasteiger partial charge in [-0.05, 0) is 50.2 Å². The molecule has 0 spiro atoms. The average Bonchev–Trinajstić information content (AvgIpc) is 3.49. The number of hydrogen-bond acceptors (Lipinski definition) is 8. The van der Waals surface area contributed by atoms with E-state index in [2.05, 4.69) is 31.7 Å². The maximum atomic E-state index is 5.91. The lowest BCUT2D eigenvalue weighted by molar-refractivity contribution is 0.0934. The number of nitrogens with zero attached hydrogens (tertiary/aromatic N) is 5. The summed E-state index contributed by atoms with van der Waals surface area (Å²) >= 11 is 1.66. The summed E-state index contributed by atoms with van der Waals surface area (Å²) in [6.45, 7) is 2.95. The van der Waals surface area contributed by atoms with E-state index in [4.69, 9.17) is 14.2 Å². The van der Waals surface area contributed by atoms with E-state index in [9.17, 15) is 0 Å². The molecule has 1 aliphatic heterocycles. The molecule has 1 atom stereocenters. The molecule has 33 heavy (non-hydrogen) atoms. The molecule has 0 saturated carbocycles. The standard InChI is InChI=1S/C24H31N5O3S/c1-28(14-18-13-20(30-2)9-10-22(18)31-3)16-23-26-27-24(29(23)15-21-8-6-12-32-21)33-17-19-7-4-5-11-25-19/h4-5,7,9-11,13,21H,6,8,12,14-17H2,1-3H3/t21-/m0/s1. The first-order valence-electron chi connectivity index (χ1n) is 11.1. The quantitative estimate of drug-likeness (QED) is 0.393. The molecule has 0 bridgehead atoms. The van der Waals surface area contributed by atoms with Gasteiger partial charge in [0.1, 0.15) is 17.3 Å². The number of thioether (sulfide) groups is 1. The summed E-state index contributed by atoms with van der Waals surface area (Å²) in [7, 11) is 5.44. The second kappa shape index (κ2) is 11.5. The van der Waals surface area contributed by atoms with Crippen molar-refractivity contribution in [1.29, 1.82) is 0 Å². The van der Waals surface area contributed by atoms with Crippen molar-refractivity contribution in [2.75, 3.05) is 27.9 Å². The van der Waals surface area contributed by atoms with Gasteiger partial charge in [0.25, 0.3) is 0 Å². The highest BCUT2D eigenvalue weighted by atomic mass is 32.2. The molecule has 2 aromatic heterocycles. The van der Waals surface area contributed by atoms with Gasteiger partial charge in [-0.2, -0.15) is 0 Å². The maximum absolute atomic E-state index is 5.91. The Morgan fingerprint density at radius 3 is 2.79 bits per heavy atom. The van der Waals surface area contributed by atoms with Crippen LogP contribution in [0.25, 0.3) is 0 Å². The lowest BCUT2D eigenvalue weighted by atomic mass is 10.1. The Hall–Kier alpha value is -2.62. The SMILES string of the molecule is COc1ccc(OC)c(CN(C)Cc2nnc(SCc3ccccn3)n2C[C@@H]2CCCO2)c1. The Bertz CT molecular complexity index is 1020. The summed E-state index contributed by atoms with van der Waals surface area (Å²) in [4.78, 5) is 6.63. The van der Waals surface area contributed by atoms with Gasteiger partial charge in [-0.1, -0.05) is 17.8 Å². The van der Waals surface area contributed by atoms with Gasteiger partial charge in [0.15, 0.2) is 5.16 Å². The summed E-state index contributed by atoms with van der Waals surface area (Å²) in [5.41, 5.74) is 2.09. The van der Waals surface area contributed by atoms with Crippen LogP contribution in [0, 0.1) is 0 Å². The largest absolute Gasteiger partial charge is 0.497 e. The molecule has 3 heterocycles. The van der Waals surface area contributed by atoms with Crippen molar-refractivity contribution in [2.45, 2.75) is 49.5 Å². The molecule has 0 radical (unpaired) electrons. The highest BCUT2D eigenvalue weighted by Gasteiger charge is 2.22. The van der Waals surface area contributed by atoms with E-state index in [1.807, 2.05) is 42.6 Å². The Morgan fingerprint density at radius 1 is 1.15 bits per heavy atom. The average molecular weight is 470 g/mol. The second-order valence-corrected chi connectivity index (χ2v) is 9.05.